The van der Waals surface area contributed by atoms with Crippen molar-refractivity contribution in [3.05, 3.63) is 28.2 Å². The number of carbonyl (C=O) groups is 2. The van der Waals surface area contributed by atoms with Gasteiger partial charge < -0.3 is 10.2 Å². The number of piperidine rings is 1. The molecule has 1 N–H and O–H groups in total. The Bertz CT molecular complexity index is 589. The first-order valence-corrected chi connectivity index (χ1v) is 9.18. The zero-order valence-electron chi connectivity index (χ0n) is 13.1. The summed E-state index contributed by atoms with van der Waals surface area (Å²) in [6.45, 7) is 3.10. The van der Waals surface area contributed by atoms with Crippen molar-refractivity contribution in [1.29, 1.82) is 0 Å². The van der Waals surface area contributed by atoms with Crippen LogP contribution in [-0.4, -0.2) is 42.1 Å². The molecule has 23 heavy (non-hydrogen) atoms. The molecular weight excluding hydrogens is 355 g/mol. The van der Waals surface area contributed by atoms with Gasteiger partial charge in [0.2, 0.25) is 11.8 Å². The van der Waals surface area contributed by atoms with Crippen LogP contribution in [0.4, 0.5) is 0 Å². The van der Waals surface area contributed by atoms with Gasteiger partial charge in [0, 0.05) is 36.0 Å². The van der Waals surface area contributed by atoms with Crippen LogP contribution in [0.15, 0.2) is 23.1 Å². The first-order chi connectivity index (χ1) is 10.9. The predicted molar refractivity (Wildman–Crippen MR) is 95.2 cm³/mol. The maximum absolute atomic E-state index is 12.6. The molecule has 7 heteroatoms. The lowest BCUT2D eigenvalue weighted by Crippen LogP contribution is -2.44. The standard InChI is InChI=1S/C16H20Cl2N2O2S/c1-10(23-14-9-12(17)3-4-13(14)18)16(22)20-7-5-11(6-8-20)15(21)19-2/h3-4,9-11H,5-8H2,1-2H3,(H,19,21). The molecule has 0 radical (unpaired) electrons. The lowest BCUT2D eigenvalue weighted by Gasteiger charge is -2.32. The van der Waals surface area contributed by atoms with Crippen molar-refractivity contribution in [2.75, 3.05) is 20.1 Å². The van der Waals surface area contributed by atoms with Crippen LogP contribution in [0.5, 0.6) is 0 Å². The van der Waals surface area contributed by atoms with Crippen molar-refractivity contribution in [3.63, 3.8) is 0 Å². The molecule has 0 spiro atoms. The Morgan fingerprint density at radius 1 is 1.30 bits per heavy atom. The van der Waals surface area contributed by atoms with E-state index in [-0.39, 0.29) is 23.0 Å². The van der Waals surface area contributed by atoms with Gasteiger partial charge in [-0.2, -0.15) is 0 Å². The highest BCUT2D eigenvalue weighted by atomic mass is 35.5. The van der Waals surface area contributed by atoms with Crippen LogP contribution in [0.2, 0.25) is 10.0 Å². The summed E-state index contributed by atoms with van der Waals surface area (Å²) in [4.78, 5) is 26.8. The van der Waals surface area contributed by atoms with Crippen LogP contribution in [0, 0.1) is 5.92 Å². The molecule has 1 saturated heterocycles. The van der Waals surface area contributed by atoms with E-state index in [1.165, 1.54) is 11.8 Å². The van der Waals surface area contributed by atoms with Gasteiger partial charge in [-0.1, -0.05) is 23.2 Å². The van der Waals surface area contributed by atoms with Gasteiger partial charge in [-0.25, -0.2) is 0 Å². The van der Waals surface area contributed by atoms with Gasteiger partial charge in [-0.3, -0.25) is 9.59 Å². The number of amides is 2. The molecule has 2 rings (SSSR count). The van der Waals surface area contributed by atoms with Crippen molar-refractivity contribution in [2.24, 2.45) is 5.92 Å². The molecule has 1 aliphatic heterocycles. The minimum Gasteiger partial charge on any atom is -0.359 e. The van der Waals surface area contributed by atoms with Crippen LogP contribution < -0.4 is 5.32 Å². The second-order valence-electron chi connectivity index (χ2n) is 5.55. The SMILES string of the molecule is CNC(=O)C1CCN(C(=O)C(C)Sc2cc(Cl)ccc2Cl)CC1. The number of benzene rings is 1. The average Bonchev–Trinajstić information content (AvgIpc) is 2.56. The highest BCUT2D eigenvalue weighted by Gasteiger charge is 2.29. The summed E-state index contributed by atoms with van der Waals surface area (Å²) in [7, 11) is 1.65. The summed E-state index contributed by atoms with van der Waals surface area (Å²) in [6.07, 6.45) is 1.42. The molecule has 1 atom stereocenters. The quantitative estimate of drug-likeness (QED) is 0.820. The summed E-state index contributed by atoms with van der Waals surface area (Å²) in [6, 6.07) is 5.23. The number of thioether (sulfide) groups is 1. The van der Waals surface area contributed by atoms with Crippen LogP contribution in [0.25, 0.3) is 0 Å². The predicted octanol–water partition coefficient (Wildman–Crippen LogP) is 3.46. The molecule has 1 aromatic carbocycles. The third-order valence-corrected chi connectivity index (χ3v) is 5.79. The zero-order chi connectivity index (χ0) is 17.0. The number of nitrogens with zero attached hydrogens (tertiary/aromatic N) is 1. The van der Waals surface area contributed by atoms with Gasteiger partial charge >= 0.3 is 0 Å². The summed E-state index contributed by atoms with van der Waals surface area (Å²) in [5.41, 5.74) is 0. The molecule has 0 aliphatic carbocycles. The Morgan fingerprint density at radius 2 is 1.96 bits per heavy atom. The number of hydrogen-bond donors (Lipinski definition) is 1. The highest BCUT2D eigenvalue weighted by molar-refractivity contribution is 8.00. The van der Waals surface area contributed by atoms with E-state index in [1.54, 1.807) is 25.2 Å². The summed E-state index contributed by atoms with van der Waals surface area (Å²) in [5, 5.41) is 3.62. The average molecular weight is 375 g/mol. The van der Waals surface area contributed by atoms with E-state index < -0.39 is 0 Å². The molecule has 1 aromatic rings. The molecule has 1 aliphatic rings. The molecule has 126 valence electrons. The third kappa shape index (κ3) is 4.78. The highest BCUT2D eigenvalue weighted by Crippen LogP contribution is 2.33. The van der Waals surface area contributed by atoms with E-state index in [1.807, 2.05) is 11.8 Å². The lowest BCUT2D eigenvalue weighted by atomic mass is 9.96. The number of carbonyl (C=O) groups excluding carboxylic acids is 2. The van der Waals surface area contributed by atoms with E-state index in [4.69, 9.17) is 23.2 Å². The maximum Gasteiger partial charge on any atom is 0.235 e. The van der Waals surface area contributed by atoms with E-state index in [0.29, 0.717) is 36.0 Å². The van der Waals surface area contributed by atoms with Crippen LogP contribution >= 0.6 is 35.0 Å². The molecule has 2 amide bonds. The second-order valence-corrected chi connectivity index (χ2v) is 7.77. The molecule has 1 unspecified atom stereocenters. The zero-order valence-corrected chi connectivity index (χ0v) is 15.5. The lowest BCUT2D eigenvalue weighted by molar-refractivity contribution is -0.134. The minimum absolute atomic E-state index is 0.00869. The fourth-order valence-corrected chi connectivity index (χ4v) is 4.13. The number of nitrogens with one attached hydrogen (secondary N) is 1. The smallest absolute Gasteiger partial charge is 0.235 e. The van der Waals surface area contributed by atoms with E-state index in [9.17, 15) is 9.59 Å². The molecule has 0 aromatic heterocycles. The monoisotopic (exact) mass is 374 g/mol. The normalized spacial score (nSPS) is 17.0. The molecule has 0 bridgehead atoms. The van der Waals surface area contributed by atoms with Crippen molar-refractivity contribution in [1.82, 2.24) is 10.2 Å². The molecule has 0 saturated carbocycles. The van der Waals surface area contributed by atoms with Gasteiger partial charge in [-0.05, 0) is 38.0 Å². The van der Waals surface area contributed by atoms with Crippen molar-refractivity contribution >= 4 is 46.8 Å². The number of halogens is 2. The first-order valence-electron chi connectivity index (χ1n) is 7.54. The summed E-state index contributed by atoms with van der Waals surface area (Å²) < 4.78 is 0. The fraction of sp³-hybridized carbons (Fsp3) is 0.500. The van der Waals surface area contributed by atoms with Crippen molar-refractivity contribution < 1.29 is 9.59 Å². The summed E-state index contributed by atoms with van der Waals surface area (Å²) >= 11 is 13.5. The van der Waals surface area contributed by atoms with E-state index in [0.717, 1.165) is 4.90 Å². The van der Waals surface area contributed by atoms with Gasteiger partial charge in [-0.15, -0.1) is 11.8 Å². The van der Waals surface area contributed by atoms with Crippen LogP contribution in [0.3, 0.4) is 0 Å². The van der Waals surface area contributed by atoms with Gasteiger partial charge in [0.15, 0.2) is 0 Å². The molecule has 1 heterocycles. The topological polar surface area (TPSA) is 49.4 Å². The Balaban J connectivity index is 1.93. The van der Waals surface area contributed by atoms with E-state index in [2.05, 4.69) is 5.32 Å². The van der Waals surface area contributed by atoms with E-state index >= 15 is 0 Å². The molecular formula is C16H20Cl2N2O2S. The Labute approximate surface area is 150 Å². The first kappa shape index (κ1) is 18.4. The summed E-state index contributed by atoms with van der Waals surface area (Å²) in [5.74, 6) is 0.140. The molecule has 4 nitrogen and oxygen atoms in total. The number of rotatable bonds is 4. The Morgan fingerprint density at radius 3 is 2.57 bits per heavy atom. The van der Waals surface area contributed by atoms with Crippen molar-refractivity contribution in [2.45, 2.75) is 29.9 Å². The fourth-order valence-electron chi connectivity index (χ4n) is 2.63. The van der Waals surface area contributed by atoms with Gasteiger partial charge in [0.1, 0.15) is 0 Å². The Kier molecular flexibility index (Phi) is 6.62. The van der Waals surface area contributed by atoms with Crippen LogP contribution in [0.1, 0.15) is 19.8 Å². The minimum atomic E-state index is -0.248. The van der Waals surface area contributed by atoms with Gasteiger partial charge in [0.25, 0.3) is 0 Å². The second kappa shape index (κ2) is 8.27. The largest absolute Gasteiger partial charge is 0.359 e. The third-order valence-electron chi connectivity index (χ3n) is 3.97. The molecule has 1 fully saturated rings. The van der Waals surface area contributed by atoms with Crippen molar-refractivity contribution in [3.8, 4) is 0 Å². The number of likely N-dealkylation sites (tertiary alicyclic amines) is 1. The van der Waals surface area contributed by atoms with Gasteiger partial charge in [0.05, 0.1) is 10.3 Å². The maximum atomic E-state index is 12.6. The Hall–Kier alpha value is -0.910. The number of hydrogen-bond acceptors (Lipinski definition) is 3. The van der Waals surface area contributed by atoms with Crippen LogP contribution in [-0.2, 0) is 9.59 Å².